The molecule has 0 aliphatic carbocycles. The highest BCUT2D eigenvalue weighted by molar-refractivity contribution is 5.96. The van der Waals surface area contributed by atoms with Crippen molar-refractivity contribution < 1.29 is 0 Å². The van der Waals surface area contributed by atoms with E-state index in [2.05, 4.69) is 18.4 Å². The molecule has 1 rings (SSSR count). The van der Waals surface area contributed by atoms with Crippen molar-refractivity contribution >= 4 is 5.71 Å². The van der Waals surface area contributed by atoms with Gasteiger partial charge in [0, 0.05) is 13.1 Å². The first-order valence-corrected chi connectivity index (χ1v) is 5.77. The molecule has 1 saturated heterocycles. The fourth-order valence-corrected chi connectivity index (χ4v) is 1.87. The highest BCUT2D eigenvalue weighted by atomic mass is 15.2. The van der Waals surface area contributed by atoms with Gasteiger partial charge in [-0.2, -0.15) is 0 Å². The first kappa shape index (κ1) is 11.3. The molecule has 0 aromatic rings. The number of rotatable bonds is 6. The summed E-state index contributed by atoms with van der Waals surface area (Å²) in [5.74, 6) is 0. The predicted octanol–water partition coefficient (Wildman–Crippen LogP) is 3.20. The molecule has 1 aliphatic heterocycles. The molecule has 0 aromatic carbocycles. The summed E-state index contributed by atoms with van der Waals surface area (Å²) >= 11 is 0. The van der Waals surface area contributed by atoms with E-state index < -0.39 is 0 Å². The number of likely N-dealkylation sites (tertiary alicyclic amines) is 1. The summed E-state index contributed by atoms with van der Waals surface area (Å²) in [6, 6.07) is 0. The maximum absolute atomic E-state index is 7.90. The molecule has 0 unspecified atom stereocenters. The molecule has 2 nitrogen and oxygen atoms in total. The summed E-state index contributed by atoms with van der Waals surface area (Å²) in [7, 11) is 0. The smallest absolute Gasteiger partial charge is 0.0540 e. The minimum atomic E-state index is 0.750. The normalized spacial score (nSPS) is 15.9. The maximum Gasteiger partial charge on any atom is 0.0540 e. The monoisotopic (exact) mass is 194 g/mol. The Morgan fingerprint density at radius 3 is 2.50 bits per heavy atom. The lowest BCUT2D eigenvalue weighted by Crippen LogP contribution is -2.23. The summed E-state index contributed by atoms with van der Waals surface area (Å²) in [4.78, 5) is 2.26. The van der Waals surface area contributed by atoms with Crippen LogP contribution >= 0.6 is 0 Å². The summed E-state index contributed by atoms with van der Waals surface area (Å²) in [6.45, 7) is 8.42. The van der Waals surface area contributed by atoms with Gasteiger partial charge >= 0.3 is 0 Å². The zero-order chi connectivity index (χ0) is 10.4. The number of allylic oxidation sites excluding steroid dienone is 1. The molecule has 1 aliphatic rings. The Bertz CT molecular complexity index is 202. The first-order valence-electron chi connectivity index (χ1n) is 5.77. The van der Waals surface area contributed by atoms with Gasteiger partial charge in [-0.15, -0.1) is 0 Å². The van der Waals surface area contributed by atoms with Crippen molar-refractivity contribution in [2.24, 2.45) is 0 Å². The van der Waals surface area contributed by atoms with E-state index in [1.807, 2.05) is 0 Å². The molecule has 0 saturated carbocycles. The molecule has 1 fully saturated rings. The topological polar surface area (TPSA) is 27.1 Å². The molecule has 1 heterocycles. The van der Waals surface area contributed by atoms with Crippen molar-refractivity contribution in [1.82, 2.24) is 4.90 Å². The molecule has 0 spiro atoms. The Morgan fingerprint density at radius 1 is 1.29 bits per heavy atom. The summed E-state index contributed by atoms with van der Waals surface area (Å²) in [5, 5.41) is 7.90. The van der Waals surface area contributed by atoms with Crippen LogP contribution in [0, 0.1) is 5.41 Å². The zero-order valence-electron chi connectivity index (χ0n) is 9.31. The third-order valence-corrected chi connectivity index (χ3v) is 2.87. The minimum Gasteiger partial charge on any atom is -0.371 e. The van der Waals surface area contributed by atoms with E-state index in [9.17, 15) is 0 Å². The van der Waals surface area contributed by atoms with Crippen molar-refractivity contribution in [2.45, 2.75) is 45.4 Å². The summed E-state index contributed by atoms with van der Waals surface area (Å²) < 4.78 is 0. The number of hydrogen-bond acceptors (Lipinski definition) is 2. The van der Waals surface area contributed by atoms with Crippen LogP contribution in [0.5, 0.6) is 0 Å². The van der Waals surface area contributed by atoms with Crippen LogP contribution in [0.3, 0.4) is 0 Å². The van der Waals surface area contributed by atoms with Crippen LogP contribution in [0.2, 0.25) is 0 Å². The van der Waals surface area contributed by atoms with Gasteiger partial charge in [0.1, 0.15) is 0 Å². The van der Waals surface area contributed by atoms with Gasteiger partial charge in [0.2, 0.25) is 0 Å². The lowest BCUT2D eigenvalue weighted by molar-refractivity contribution is 0.447. The summed E-state index contributed by atoms with van der Waals surface area (Å²) in [5.41, 5.74) is 1.72. The van der Waals surface area contributed by atoms with Crippen LogP contribution in [0.25, 0.3) is 0 Å². The standard InChI is InChI=1S/C12H22N2/c1-3-4-5-8-12(13)11(2)14-9-6-7-10-14/h13H,2-10H2,1H3. The van der Waals surface area contributed by atoms with Crippen molar-refractivity contribution in [3.05, 3.63) is 12.3 Å². The fraction of sp³-hybridized carbons (Fsp3) is 0.750. The van der Waals surface area contributed by atoms with Crippen LogP contribution in [-0.4, -0.2) is 23.7 Å². The van der Waals surface area contributed by atoms with E-state index in [0.29, 0.717) is 0 Å². The molecule has 80 valence electrons. The Kier molecular flexibility index (Phi) is 4.71. The fourth-order valence-electron chi connectivity index (χ4n) is 1.87. The maximum atomic E-state index is 7.90. The molecule has 0 amide bonds. The Morgan fingerprint density at radius 2 is 1.93 bits per heavy atom. The van der Waals surface area contributed by atoms with E-state index in [1.54, 1.807) is 0 Å². The van der Waals surface area contributed by atoms with Crippen molar-refractivity contribution in [3.8, 4) is 0 Å². The highest BCUT2D eigenvalue weighted by Crippen LogP contribution is 2.16. The van der Waals surface area contributed by atoms with Crippen molar-refractivity contribution in [2.75, 3.05) is 13.1 Å². The van der Waals surface area contributed by atoms with Crippen LogP contribution in [0.4, 0.5) is 0 Å². The average molecular weight is 194 g/mol. The predicted molar refractivity (Wildman–Crippen MR) is 61.8 cm³/mol. The largest absolute Gasteiger partial charge is 0.371 e. The van der Waals surface area contributed by atoms with E-state index in [4.69, 9.17) is 5.41 Å². The van der Waals surface area contributed by atoms with Crippen LogP contribution in [-0.2, 0) is 0 Å². The Labute approximate surface area is 87.5 Å². The molecule has 14 heavy (non-hydrogen) atoms. The number of hydrogen-bond donors (Lipinski definition) is 1. The number of nitrogens with one attached hydrogen (secondary N) is 1. The van der Waals surface area contributed by atoms with Gasteiger partial charge in [-0.3, -0.25) is 0 Å². The lowest BCUT2D eigenvalue weighted by Gasteiger charge is -2.20. The van der Waals surface area contributed by atoms with E-state index in [0.717, 1.165) is 37.3 Å². The second-order valence-electron chi connectivity index (χ2n) is 4.08. The van der Waals surface area contributed by atoms with Gasteiger partial charge in [0.25, 0.3) is 0 Å². The van der Waals surface area contributed by atoms with Crippen LogP contribution in [0.15, 0.2) is 12.3 Å². The third kappa shape index (κ3) is 3.17. The summed E-state index contributed by atoms with van der Waals surface area (Å²) in [6.07, 6.45) is 7.03. The van der Waals surface area contributed by atoms with E-state index in [1.165, 1.54) is 25.7 Å². The van der Waals surface area contributed by atoms with Gasteiger partial charge in [-0.25, -0.2) is 0 Å². The van der Waals surface area contributed by atoms with Gasteiger partial charge in [-0.05, 0) is 25.7 Å². The van der Waals surface area contributed by atoms with Crippen molar-refractivity contribution in [3.63, 3.8) is 0 Å². The molecule has 0 aromatic heterocycles. The second kappa shape index (κ2) is 5.84. The number of nitrogens with zero attached hydrogens (tertiary/aromatic N) is 1. The molecular weight excluding hydrogens is 172 g/mol. The van der Waals surface area contributed by atoms with Gasteiger partial charge in [0.05, 0.1) is 11.4 Å². The zero-order valence-corrected chi connectivity index (χ0v) is 9.31. The molecule has 1 N–H and O–H groups in total. The molecule has 0 radical (unpaired) electrons. The Hall–Kier alpha value is -0.790. The van der Waals surface area contributed by atoms with E-state index >= 15 is 0 Å². The molecule has 2 heteroatoms. The molecule has 0 atom stereocenters. The third-order valence-electron chi connectivity index (χ3n) is 2.87. The van der Waals surface area contributed by atoms with Gasteiger partial charge in [-0.1, -0.05) is 26.3 Å². The van der Waals surface area contributed by atoms with Crippen LogP contribution in [0.1, 0.15) is 45.4 Å². The quantitative estimate of drug-likeness (QED) is 0.510. The van der Waals surface area contributed by atoms with Crippen molar-refractivity contribution in [1.29, 1.82) is 5.41 Å². The lowest BCUT2D eigenvalue weighted by atomic mass is 10.1. The Balaban J connectivity index is 2.25. The minimum absolute atomic E-state index is 0.750. The van der Waals surface area contributed by atoms with Crippen LogP contribution < -0.4 is 0 Å². The van der Waals surface area contributed by atoms with Gasteiger partial charge in [0.15, 0.2) is 0 Å². The van der Waals surface area contributed by atoms with Gasteiger partial charge < -0.3 is 10.3 Å². The highest BCUT2D eigenvalue weighted by Gasteiger charge is 2.15. The molecule has 0 bridgehead atoms. The first-order chi connectivity index (χ1) is 6.75. The molecular formula is C12H22N2. The SMILES string of the molecule is C=C(C(=N)CCCCC)N1CCCC1. The number of unbranched alkanes of at least 4 members (excludes halogenated alkanes) is 2. The van der Waals surface area contributed by atoms with E-state index in [-0.39, 0.29) is 0 Å². The average Bonchev–Trinajstić information content (AvgIpc) is 2.69. The second-order valence-corrected chi connectivity index (χ2v) is 4.08.